The van der Waals surface area contributed by atoms with Gasteiger partial charge in [0.25, 0.3) is 0 Å². The van der Waals surface area contributed by atoms with Crippen molar-refractivity contribution < 1.29 is 14.6 Å². The molecule has 140 valence electrons. The van der Waals surface area contributed by atoms with Crippen LogP contribution in [-0.4, -0.2) is 21.0 Å². The van der Waals surface area contributed by atoms with Gasteiger partial charge in [-0.1, -0.05) is 49.4 Å². The van der Waals surface area contributed by atoms with Gasteiger partial charge in [-0.25, -0.2) is 4.79 Å². The van der Waals surface area contributed by atoms with Crippen LogP contribution in [0.3, 0.4) is 0 Å². The Morgan fingerprint density at radius 1 is 1.07 bits per heavy atom. The van der Waals surface area contributed by atoms with Crippen LogP contribution in [0, 0.1) is 0 Å². The van der Waals surface area contributed by atoms with E-state index >= 15 is 0 Å². The highest BCUT2D eigenvalue weighted by Crippen LogP contribution is 2.19. The standard InChI is InChI=1S/C21H23N3O3/c1-2-13-23-14-12-20(22-23)24(15-17-8-10-19(25)11-9-17)21(26)27-16-18-6-4-3-5-7-18/h3-12,14,25H,2,13,15-16H2,1H3. The molecule has 27 heavy (non-hydrogen) atoms. The summed E-state index contributed by atoms with van der Waals surface area (Å²) in [7, 11) is 0. The van der Waals surface area contributed by atoms with Crippen molar-refractivity contribution >= 4 is 11.9 Å². The van der Waals surface area contributed by atoms with Crippen LogP contribution in [0.25, 0.3) is 0 Å². The minimum absolute atomic E-state index is 0.184. The van der Waals surface area contributed by atoms with E-state index in [0.29, 0.717) is 12.4 Å². The number of rotatable bonds is 7. The minimum atomic E-state index is -0.464. The number of benzene rings is 2. The lowest BCUT2D eigenvalue weighted by Crippen LogP contribution is -2.31. The second kappa shape index (κ2) is 8.89. The fraction of sp³-hybridized carbons (Fsp3) is 0.238. The highest BCUT2D eigenvalue weighted by Gasteiger charge is 2.20. The van der Waals surface area contributed by atoms with E-state index in [9.17, 15) is 9.90 Å². The number of hydrogen-bond donors (Lipinski definition) is 1. The van der Waals surface area contributed by atoms with Crippen LogP contribution >= 0.6 is 0 Å². The number of ether oxygens (including phenoxy) is 1. The summed E-state index contributed by atoms with van der Waals surface area (Å²) >= 11 is 0. The van der Waals surface area contributed by atoms with E-state index in [2.05, 4.69) is 12.0 Å². The van der Waals surface area contributed by atoms with E-state index in [1.165, 1.54) is 4.90 Å². The van der Waals surface area contributed by atoms with E-state index in [4.69, 9.17) is 4.74 Å². The third kappa shape index (κ3) is 5.10. The van der Waals surface area contributed by atoms with E-state index in [1.807, 2.05) is 41.2 Å². The number of aromatic nitrogens is 2. The highest BCUT2D eigenvalue weighted by molar-refractivity contribution is 5.86. The molecule has 3 rings (SSSR count). The minimum Gasteiger partial charge on any atom is -0.508 e. The van der Waals surface area contributed by atoms with Crippen LogP contribution in [0.1, 0.15) is 24.5 Å². The predicted molar refractivity (Wildman–Crippen MR) is 103 cm³/mol. The molecule has 0 spiro atoms. The van der Waals surface area contributed by atoms with Crippen molar-refractivity contribution in [1.82, 2.24) is 9.78 Å². The maximum atomic E-state index is 12.8. The number of anilines is 1. The largest absolute Gasteiger partial charge is 0.508 e. The van der Waals surface area contributed by atoms with E-state index in [1.54, 1.807) is 30.3 Å². The van der Waals surface area contributed by atoms with Gasteiger partial charge in [-0.2, -0.15) is 5.10 Å². The molecule has 0 unspecified atom stereocenters. The Labute approximate surface area is 158 Å². The Hall–Kier alpha value is -3.28. The monoisotopic (exact) mass is 365 g/mol. The van der Waals surface area contributed by atoms with E-state index in [0.717, 1.165) is 24.1 Å². The molecule has 0 saturated carbocycles. The zero-order chi connectivity index (χ0) is 19.1. The number of carbonyl (C=O) groups is 1. The van der Waals surface area contributed by atoms with Crippen molar-refractivity contribution in [2.24, 2.45) is 0 Å². The van der Waals surface area contributed by atoms with Crippen LogP contribution in [-0.2, 0) is 24.4 Å². The summed E-state index contributed by atoms with van der Waals surface area (Å²) in [5.41, 5.74) is 1.79. The van der Waals surface area contributed by atoms with Crippen molar-refractivity contribution in [3.05, 3.63) is 78.0 Å². The fourth-order valence-corrected chi connectivity index (χ4v) is 2.67. The molecule has 0 bridgehead atoms. The second-order valence-corrected chi connectivity index (χ2v) is 6.23. The van der Waals surface area contributed by atoms with Gasteiger partial charge in [-0.05, 0) is 29.7 Å². The molecule has 1 amide bonds. The number of aryl methyl sites for hydroxylation is 1. The number of carbonyl (C=O) groups excluding carboxylic acids is 1. The molecule has 0 aliphatic heterocycles. The lowest BCUT2D eigenvalue weighted by molar-refractivity contribution is 0.146. The summed E-state index contributed by atoms with van der Waals surface area (Å²) in [5.74, 6) is 0.721. The lowest BCUT2D eigenvalue weighted by Gasteiger charge is -2.20. The van der Waals surface area contributed by atoms with Gasteiger partial charge in [0.2, 0.25) is 0 Å². The summed E-state index contributed by atoms with van der Waals surface area (Å²) in [6.07, 6.45) is 2.35. The molecule has 0 saturated heterocycles. The molecule has 1 heterocycles. The molecule has 1 N–H and O–H groups in total. The van der Waals surface area contributed by atoms with E-state index in [-0.39, 0.29) is 12.4 Å². The Morgan fingerprint density at radius 2 is 1.81 bits per heavy atom. The SMILES string of the molecule is CCCn1ccc(N(Cc2ccc(O)cc2)C(=O)OCc2ccccc2)n1. The van der Waals surface area contributed by atoms with Crippen molar-refractivity contribution in [3.8, 4) is 5.75 Å². The fourth-order valence-electron chi connectivity index (χ4n) is 2.67. The summed E-state index contributed by atoms with van der Waals surface area (Å²) in [6, 6.07) is 18.1. The molecule has 0 aliphatic carbocycles. The highest BCUT2D eigenvalue weighted by atomic mass is 16.6. The first-order chi connectivity index (χ1) is 13.2. The van der Waals surface area contributed by atoms with Crippen molar-refractivity contribution in [2.75, 3.05) is 4.90 Å². The van der Waals surface area contributed by atoms with Gasteiger partial charge < -0.3 is 9.84 Å². The summed E-state index contributed by atoms with van der Waals surface area (Å²) < 4.78 is 7.31. The Balaban J connectivity index is 1.77. The van der Waals surface area contributed by atoms with Gasteiger partial charge >= 0.3 is 6.09 Å². The quantitative estimate of drug-likeness (QED) is 0.676. The molecular weight excluding hydrogens is 342 g/mol. The first kappa shape index (κ1) is 18.5. The smallest absolute Gasteiger partial charge is 0.416 e. The van der Waals surface area contributed by atoms with Crippen molar-refractivity contribution in [1.29, 1.82) is 0 Å². The summed E-state index contributed by atoms with van der Waals surface area (Å²) in [4.78, 5) is 14.3. The van der Waals surface area contributed by atoms with Gasteiger partial charge in [0.1, 0.15) is 12.4 Å². The molecular formula is C21H23N3O3. The molecule has 0 fully saturated rings. The molecule has 6 nitrogen and oxygen atoms in total. The van der Waals surface area contributed by atoms with Crippen LogP contribution < -0.4 is 4.90 Å². The molecule has 2 aromatic carbocycles. The predicted octanol–water partition coefficient (Wildman–Crippen LogP) is 4.34. The Kier molecular flexibility index (Phi) is 6.10. The van der Waals surface area contributed by atoms with E-state index < -0.39 is 6.09 Å². The molecule has 6 heteroatoms. The van der Waals surface area contributed by atoms with Crippen LogP contribution in [0.5, 0.6) is 5.75 Å². The number of phenols is 1. The maximum Gasteiger partial charge on any atom is 0.416 e. The van der Waals surface area contributed by atoms with Crippen LogP contribution in [0.2, 0.25) is 0 Å². The van der Waals surface area contributed by atoms with Gasteiger partial charge in [0.15, 0.2) is 5.82 Å². The first-order valence-corrected chi connectivity index (χ1v) is 8.95. The normalized spacial score (nSPS) is 10.6. The van der Waals surface area contributed by atoms with Gasteiger partial charge in [0.05, 0.1) is 6.54 Å². The van der Waals surface area contributed by atoms with Gasteiger partial charge in [-0.15, -0.1) is 0 Å². The number of amides is 1. The van der Waals surface area contributed by atoms with Gasteiger partial charge in [-0.3, -0.25) is 9.58 Å². The molecule has 3 aromatic rings. The zero-order valence-electron chi connectivity index (χ0n) is 15.3. The number of nitrogens with zero attached hydrogens (tertiary/aromatic N) is 3. The average molecular weight is 365 g/mol. The maximum absolute atomic E-state index is 12.8. The molecule has 0 atom stereocenters. The van der Waals surface area contributed by atoms with Crippen molar-refractivity contribution in [2.45, 2.75) is 33.0 Å². The summed E-state index contributed by atoms with van der Waals surface area (Å²) in [6.45, 7) is 3.36. The van der Waals surface area contributed by atoms with Crippen LogP contribution in [0.15, 0.2) is 66.9 Å². The third-order valence-corrected chi connectivity index (χ3v) is 4.06. The van der Waals surface area contributed by atoms with Crippen molar-refractivity contribution in [3.63, 3.8) is 0 Å². The number of phenolic OH excluding ortho intramolecular Hbond substituents is 1. The summed E-state index contributed by atoms with van der Waals surface area (Å²) in [5, 5.41) is 14.0. The molecule has 1 aromatic heterocycles. The average Bonchev–Trinajstić information content (AvgIpc) is 3.15. The Bertz CT molecular complexity index is 860. The third-order valence-electron chi connectivity index (χ3n) is 4.06. The second-order valence-electron chi connectivity index (χ2n) is 6.23. The molecule has 0 aliphatic rings. The topological polar surface area (TPSA) is 67.6 Å². The zero-order valence-corrected chi connectivity index (χ0v) is 15.3. The molecule has 0 radical (unpaired) electrons. The van der Waals surface area contributed by atoms with Crippen LogP contribution in [0.4, 0.5) is 10.6 Å². The lowest BCUT2D eigenvalue weighted by atomic mass is 10.2. The first-order valence-electron chi connectivity index (χ1n) is 8.95. The number of hydrogen-bond acceptors (Lipinski definition) is 4. The Morgan fingerprint density at radius 3 is 2.52 bits per heavy atom. The van der Waals surface area contributed by atoms with Gasteiger partial charge in [0, 0.05) is 18.8 Å². The number of aromatic hydroxyl groups is 1.